The molecule has 2 heterocycles. The molecule has 1 aromatic heterocycles. The van der Waals surface area contributed by atoms with Gasteiger partial charge in [-0.1, -0.05) is 0 Å². The van der Waals surface area contributed by atoms with Crippen molar-refractivity contribution in [3.8, 4) is 0 Å². The van der Waals surface area contributed by atoms with Crippen LogP contribution in [0.3, 0.4) is 0 Å². The normalized spacial score (nSPS) is 18.9. The molecule has 19 heavy (non-hydrogen) atoms. The lowest BCUT2D eigenvalue weighted by Crippen LogP contribution is -2.26. The first-order valence-corrected chi connectivity index (χ1v) is 7.23. The van der Waals surface area contributed by atoms with Crippen molar-refractivity contribution in [1.82, 2.24) is 9.97 Å². The summed E-state index contributed by atoms with van der Waals surface area (Å²) >= 11 is 0. The largest absolute Gasteiger partial charge is 0.357 e. The summed E-state index contributed by atoms with van der Waals surface area (Å²) in [5, 5.41) is 0. The van der Waals surface area contributed by atoms with Crippen LogP contribution in [0, 0.1) is 12.8 Å². The van der Waals surface area contributed by atoms with Crippen molar-refractivity contribution in [2.24, 2.45) is 11.7 Å². The molecule has 5 nitrogen and oxygen atoms in total. The fraction of sp³-hybridized carbons (Fsp3) is 0.714. The van der Waals surface area contributed by atoms with E-state index in [0.29, 0.717) is 5.92 Å². The van der Waals surface area contributed by atoms with Gasteiger partial charge in [-0.2, -0.15) is 0 Å². The molecule has 0 saturated carbocycles. The second kappa shape index (κ2) is 6.19. The zero-order valence-electron chi connectivity index (χ0n) is 12.3. The molecule has 0 bridgehead atoms. The maximum atomic E-state index is 5.76. The van der Waals surface area contributed by atoms with Crippen LogP contribution < -0.4 is 15.5 Å². The van der Waals surface area contributed by atoms with Crippen molar-refractivity contribution in [3.63, 3.8) is 0 Å². The summed E-state index contributed by atoms with van der Waals surface area (Å²) in [6, 6.07) is 2.11. The second-order valence-electron chi connectivity index (χ2n) is 5.14. The van der Waals surface area contributed by atoms with Gasteiger partial charge in [-0.3, -0.25) is 0 Å². The first-order chi connectivity index (χ1) is 9.17. The van der Waals surface area contributed by atoms with Crippen molar-refractivity contribution >= 4 is 11.6 Å². The Morgan fingerprint density at radius 1 is 1.37 bits per heavy atom. The number of nitrogens with zero attached hydrogens (tertiary/aromatic N) is 4. The monoisotopic (exact) mass is 263 g/mol. The lowest BCUT2D eigenvalue weighted by molar-refractivity contribution is 0.602. The molecule has 2 N–H and O–H groups in total. The molecule has 1 saturated heterocycles. The van der Waals surface area contributed by atoms with E-state index in [0.717, 1.165) is 50.2 Å². The van der Waals surface area contributed by atoms with Gasteiger partial charge in [-0.15, -0.1) is 0 Å². The van der Waals surface area contributed by atoms with Gasteiger partial charge in [0.25, 0.3) is 0 Å². The van der Waals surface area contributed by atoms with Crippen LogP contribution in [0.25, 0.3) is 0 Å². The Morgan fingerprint density at radius 2 is 2.11 bits per heavy atom. The zero-order valence-corrected chi connectivity index (χ0v) is 12.3. The van der Waals surface area contributed by atoms with Crippen LogP contribution in [-0.4, -0.2) is 42.7 Å². The molecular formula is C14H25N5. The summed E-state index contributed by atoms with van der Waals surface area (Å²) < 4.78 is 0. The fourth-order valence-corrected chi connectivity index (χ4v) is 2.64. The van der Waals surface area contributed by atoms with E-state index in [-0.39, 0.29) is 0 Å². The van der Waals surface area contributed by atoms with Crippen molar-refractivity contribution in [1.29, 1.82) is 0 Å². The van der Waals surface area contributed by atoms with Gasteiger partial charge in [0.05, 0.1) is 0 Å². The minimum atomic E-state index is 0.604. The number of nitrogens with two attached hydrogens (primary N) is 1. The van der Waals surface area contributed by atoms with Gasteiger partial charge in [-0.25, -0.2) is 9.97 Å². The third-order valence-corrected chi connectivity index (χ3v) is 3.84. The number of anilines is 2. The van der Waals surface area contributed by atoms with Crippen LogP contribution in [0.5, 0.6) is 0 Å². The highest BCUT2D eigenvalue weighted by Gasteiger charge is 2.23. The number of rotatable bonds is 5. The molecule has 0 aliphatic carbocycles. The summed E-state index contributed by atoms with van der Waals surface area (Å²) in [5.41, 5.74) is 5.76. The van der Waals surface area contributed by atoms with Crippen molar-refractivity contribution < 1.29 is 0 Å². The first-order valence-electron chi connectivity index (χ1n) is 7.23. The SMILES string of the molecule is CCN(CC)c1cc(N2CCC(CN)C2)nc(C)n1. The van der Waals surface area contributed by atoms with Gasteiger partial charge in [0.15, 0.2) is 0 Å². The van der Waals surface area contributed by atoms with Gasteiger partial charge >= 0.3 is 0 Å². The summed E-state index contributed by atoms with van der Waals surface area (Å²) in [7, 11) is 0. The molecular weight excluding hydrogens is 238 g/mol. The molecule has 1 atom stereocenters. The Labute approximate surface area is 115 Å². The molecule has 106 valence electrons. The smallest absolute Gasteiger partial charge is 0.134 e. The van der Waals surface area contributed by atoms with Crippen molar-refractivity contribution in [2.75, 3.05) is 42.5 Å². The van der Waals surface area contributed by atoms with Gasteiger partial charge in [0, 0.05) is 32.2 Å². The van der Waals surface area contributed by atoms with Gasteiger partial charge in [0.2, 0.25) is 0 Å². The van der Waals surface area contributed by atoms with Crippen LogP contribution in [0.1, 0.15) is 26.1 Å². The van der Waals surface area contributed by atoms with Gasteiger partial charge in [-0.05, 0) is 39.7 Å². The Balaban J connectivity index is 2.22. The Hall–Kier alpha value is -1.36. The number of aryl methyl sites for hydroxylation is 1. The molecule has 1 aliphatic heterocycles. The van der Waals surface area contributed by atoms with Crippen LogP contribution in [-0.2, 0) is 0 Å². The molecule has 0 spiro atoms. The van der Waals surface area contributed by atoms with Gasteiger partial charge in [0.1, 0.15) is 17.5 Å². The third kappa shape index (κ3) is 3.15. The van der Waals surface area contributed by atoms with Crippen molar-refractivity contribution in [2.45, 2.75) is 27.2 Å². The Bertz CT molecular complexity index is 416. The van der Waals surface area contributed by atoms with E-state index in [9.17, 15) is 0 Å². The van der Waals surface area contributed by atoms with E-state index in [1.165, 1.54) is 6.42 Å². The van der Waals surface area contributed by atoms with E-state index in [1.807, 2.05) is 6.92 Å². The van der Waals surface area contributed by atoms with Crippen molar-refractivity contribution in [3.05, 3.63) is 11.9 Å². The first kappa shape index (κ1) is 14.1. The molecule has 1 fully saturated rings. The average Bonchev–Trinajstić information content (AvgIpc) is 2.88. The molecule has 2 rings (SSSR count). The van der Waals surface area contributed by atoms with Crippen LogP contribution in [0.15, 0.2) is 6.07 Å². The topological polar surface area (TPSA) is 58.3 Å². The van der Waals surface area contributed by atoms with E-state index in [4.69, 9.17) is 5.73 Å². The zero-order chi connectivity index (χ0) is 13.8. The number of aromatic nitrogens is 2. The predicted octanol–water partition coefficient (Wildman–Crippen LogP) is 1.42. The minimum Gasteiger partial charge on any atom is -0.357 e. The summed E-state index contributed by atoms with van der Waals surface area (Å²) in [4.78, 5) is 13.7. The second-order valence-corrected chi connectivity index (χ2v) is 5.14. The van der Waals surface area contributed by atoms with Crippen LogP contribution >= 0.6 is 0 Å². The lowest BCUT2D eigenvalue weighted by Gasteiger charge is -2.23. The molecule has 0 amide bonds. The van der Waals surface area contributed by atoms with E-state index >= 15 is 0 Å². The highest BCUT2D eigenvalue weighted by atomic mass is 15.2. The van der Waals surface area contributed by atoms with E-state index in [1.54, 1.807) is 0 Å². The third-order valence-electron chi connectivity index (χ3n) is 3.84. The van der Waals surface area contributed by atoms with Crippen LogP contribution in [0.2, 0.25) is 0 Å². The summed E-state index contributed by atoms with van der Waals surface area (Å²) in [6.45, 7) is 11.1. The maximum absolute atomic E-state index is 5.76. The minimum absolute atomic E-state index is 0.604. The standard InChI is InChI=1S/C14H25N5/c1-4-18(5-2)13-8-14(17-11(3)16-13)19-7-6-12(9-15)10-19/h8,12H,4-7,9-10,15H2,1-3H3. The highest BCUT2D eigenvalue weighted by Crippen LogP contribution is 2.24. The molecule has 0 aromatic carbocycles. The molecule has 1 aromatic rings. The molecule has 0 radical (unpaired) electrons. The average molecular weight is 263 g/mol. The Morgan fingerprint density at radius 3 is 2.68 bits per heavy atom. The van der Waals surface area contributed by atoms with E-state index < -0.39 is 0 Å². The molecule has 5 heteroatoms. The molecule has 1 aliphatic rings. The summed E-state index contributed by atoms with van der Waals surface area (Å²) in [5.74, 6) is 3.52. The van der Waals surface area contributed by atoms with Gasteiger partial charge < -0.3 is 15.5 Å². The number of hydrogen-bond acceptors (Lipinski definition) is 5. The molecule has 1 unspecified atom stereocenters. The predicted molar refractivity (Wildman–Crippen MR) is 79.7 cm³/mol. The summed E-state index contributed by atoms with van der Waals surface area (Å²) in [6.07, 6.45) is 1.17. The maximum Gasteiger partial charge on any atom is 0.134 e. The quantitative estimate of drug-likeness (QED) is 0.870. The van der Waals surface area contributed by atoms with E-state index in [2.05, 4.69) is 39.7 Å². The fourth-order valence-electron chi connectivity index (χ4n) is 2.64. The Kier molecular flexibility index (Phi) is 4.58. The lowest BCUT2D eigenvalue weighted by atomic mass is 10.1. The highest BCUT2D eigenvalue weighted by molar-refractivity contribution is 5.51. The van der Waals surface area contributed by atoms with Crippen LogP contribution in [0.4, 0.5) is 11.6 Å². The number of hydrogen-bond donors (Lipinski definition) is 1.